The van der Waals surface area contributed by atoms with Crippen LogP contribution in [-0.2, 0) is 4.74 Å². The van der Waals surface area contributed by atoms with Gasteiger partial charge in [-0.15, -0.1) is 0 Å². The predicted octanol–water partition coefficient (Wildman–Crippen LogP) is 2.25. The lowest BCUT2D eigenvalue weighted by Crippen LogP contribution is -2.22. The molecule has 2 heteroatoms. The zero-order chi connectivity index (χ0) is 8.72. The van der Waals surface area contributed by atoms with Crippen molar-refractivity contribution in [3.63, 3.8) is 0 Å². The van der Waals surface area contributed by atoms with E-state index in [9.17, 15) is 0 Å². The fourth-order valence-corrected chi connectivity index (χ4v) is 1.72. The number of hydrogen-bond acceptors (Lipinski definition) is 2. The Balaban J connectivity index is 2.30. The van der Waals surface area contributed by atoms with Crippen molar-refractivity contribution in [3.8, 4) is 0 Å². The number of ether oxygens (including phenoxy) is 1. The lowest BCUT2D eigenvalue weighted by atomic mass is 10.0. The van der Waals surface area contributed by atoms with Gasteiger partial charge >= 0.3 is 0 Å². The van der Waals surface area contributed by atoms with Gasteiger partial charge in [-0.05, 0) is 26.3 Å². The molecule has 0 aromatic rings. The van der Waals surface area contributed by atoms with E-state index >= 15 is 0 Å². The van der Waals surface area contributed by atoms with E-state index in [-0.39, 0.29) is 6.23 Å². The van der Waals surface area contributed by atoms with Crippen molar-refractivity contribution in [2.24, 2.45) is 0 Å². The van der Waals surface area contributed by atoms with E-state index in [2.05, 4.69) is 31.9 Å². The fraction of sp³-hybridized carbons (Fsp3) is 0.600. The molecule has 0 spiro atoms. The van der Waals surface area contributed by atoms with Crippen molar-refractivity contribution in [2.45, 2.75) is 32.9 Å². The molecule has 0 fully saturated rings. The Kier molecular flexibility index (Phi) is 1.63. The van der Waals surface area contributed by atoms with Crippen LogP contribution in [0.25, 0.3) is 0 Å². The minimum atomic E-state index is 0.220. The Morgan fingerprint density at radius 3 is 3.00 bits per heavy atom. The predicted molar refractivity (Wildman–Crippen MR) is 48.3 cm³/mol. The van der Waals surface area contributed by atoms with E-state index in [4.69, 9.17) is 4.74 Å². The Hall–Kier alpha value is -0.920. The van der Waals surface area contributed by atoms with Crippen LogP contribution in [0.5, 0.6) is 0 Å². The molecule has 0 aromatic carbocycles. The minimum absolute atomic E-state index is 0.220. The van der Waals surface area contributed by atoms with Crippen LogP contribution >= 0.6 is 0 Å². The van der Waals surface area contributed by atoms with Gasteiger partial charge < -0.3 is 9.64 Å². The van der Waals surface area contributed by atoms with Crippen LogP contribution in [0.4, 0.5) is 0 Å². The molecule has 1 aliphatic carbocycles. The van der Waals surface area contributed by atoms with Crippen LogP contribution in [0, 0.1) is 0 Å². The number of nitrogens with zero attached hydrogens (tertiary/aromatic N) is 1. The smallest absolute Gasteiger partial charge is 0.168 e. The van der Waals surface area contributed by atoms with E-state index in [1.54, 1.807) is 0 Å². The van der Waals surface area contributed by atoms with Gasteiger partial charge in [0.25, 0.3) is 0 Å². The lowest BCUT2D eigenvalue weighted by Gasteiger charge is -2.17. The third-order valence-electron chi connectivity index (χ3n) is 2.65. The average Bonchev–Trinajstić information content (AvgIpc) is 2.31. The molecular formula is C10H15NO. The monoisotopic (exact) mass is 165 g/mol. The molecule has 1 unspecified atom stereocenters. The van der Waals surface area contributed by atoms with E-state index in [0.717, 1.165) is 12.8 Å². The summed E-state index contributed by atoms with van der Waals surface area (Å²) in [5, 5.41) is 0. The van der Waals surface area contributed by atoms with Crippen LogP contribution < -0.4 is 0 Å². The normalized spacial score (nSPS) is 28.4. The van der Waals surface area contributed by atoms with Gasteiger partial charge in [0.15, 0.2) is 6.23 Å². The Bertz CT molecular complexity index is 265. The van der Waals surface area contributed by atoms with E-state index in [0.29, 0.717) is 0 Å². The van der Waals surface area contributed by atoms with Gasteiger partial charge in [0, 0.05) is 13.5 Å². The zero-order valence-electron chi connectivity index (χ0n) is 7.92. The summed E-state index contributed by atoms with van der Waals surface area (Å²) in [4.78, 5) is 2.19. The highest BCUT2D eigenvalue weighted by molar-refractivity contribution is 5.31. The maximum absolute atomic E-state index is 5.69. The average molecular weight is 165 g/mol. The summed E-state index contributed by atoms with van der Waals surface area (Å²) in [6.45, 7) is 4.27. The highest BCUT2D eigenvalue weighted by Crippen LogP contribution is 2.33. The zero-order valence-corrected chi connectivity index (χ0v) is 7.92. The quantitative estimate of drug-likeness (QED) is 0.546. The van der Waals surface area contributed by atoms with Gasteiger partial charge in [-0.25, -0.2) is 0 Å². The molecule has 2 aliphatic rings. The molecule has 1 atom stereocenters. The Morgan fingerprint density at radius 2 is 2.25 bits per heavy atom. The molecule has 0 aromatic heterocycles. The summed E-state index contributed by atoms with van der Waals surface area (Å²) < 4.78 is 5.69. The number of rotatable bonds is 0. The van der Waals surface area contributed by atoms with Crippen molar-refractivity contribution in [1.29, 1.82) is 0 Å². The third-order valence-corrected chi connectivity index (χ3v) is 2.65. The van der Waals surface area contributed by atoms with Gasteiger partial charge in [0.05, 0.1) is 5.70 Å². The second kappa shape index (κ2) is 2.54. The van der Waals surface area contributed by atoms with Crippen LogP contribution in [-0.4, -0.2) is 18.2 Å². The van der Waals surface area contributed by atoms with Crippen LogP contribution in [0.1, 0.15) is 26.7 Å². The molecule has 0 amide bonds. The van der Waals surface area contributed by atoms with E-state index in [1.165, 1.54) is 17.0 Å². The molecule has 12 heavy (non-hydrogen) atoms. The lowest BCUT2D eigenvalue weighted by molar-refractivity contribution is 0.0693. The van der Waals surface area contributed by atoms with Gasteiger partial charge in [-0.2, -0.15) is 0 Å². The van der Waals surface area contributed by atoms with Crippen LogP contribution in [0.3, 0.4) is 0 Å². The van der Waals surface area contributed by atoms with Crippen molar-refractivity contribution >= 4 is 0 Å². The van der Waals surface area contributed by atoms with Crippen LogP contribution in [0.2, 0.25) is 0 Å². The minimum Gasteiger partial charge on any atom is -0.473 e. The summed E-state index contributed by atoms with van der Waals surface area (Å²) in [6.07, 6.45) is 4.69. The van der Waals surface area contributed by atoms with Gasteiger partial charge in [-0.1, -0.05) is 5.57 Å². The van der Waals surface area contributed by atoms with Crippen molar-refractivity contribution in [3.05, 3.63) is 23.1 Å². The molecular weight excluding hydrogens is 150 g/mol. The van der Waals surface area contributed by atoms with E-state index in [1.807, 2.05) is 0 Å². The second-order valence-electron chi connectivity index (χ2n) is 3.63. The highest BCUT2D eigenvalue weighted by Gasteiger charge is 2.27. The first-order chi connectivity index (χ1) is 5.68. The number of hydrogen-bond donors (Lipinski definition) is 0. The standard InChI is InChI=1S/C10H15NO/c1-7-4-5-10-9(6-7)11(3)8(2)12-10/h6,8H,4-5H2,1-3H3. The molecule has 2 nitrogen and oxygen atoms in total. The SMILES string of the molecule is CC1=CC2=C(CC1)OC(C)N2C. The summed E-state index contributed by atoms with van der Waals surface area (Å²) >= 11 is 0. The van der Waals surface area contributed by atoms with Crippen molar-refractivity contribution in [2.75, 3.05) is 7.05 Å². The first kappa shape index (κ1) is 7.71. The van der Waals surface area contributed by atoms with Crippen LogP contribution in [0.15, 0.2) is 23.1 Å². The maximum Gasteiger partial charge on any atom is 0.168 e. The highest BCUT2D eigenvalue weighted by atomic mass is 16.5. The molecule has 0 saturated heterocycles. The summed E-state index contributed by atoms with van der Waals surface area (Å²) in [6, 6.07) is 0. The molecule has 66 valence electrons. The first-order valence-corrected chi connectivity index (χ1v) is 4.48. The van der Waals surface area contributed by atoms with Gasteiger partial charge in [-0.3, -0.25) is 0 Å². The molecule has 1 aliphatic heterocycles. The summed E-state index contributed by atoms with van der Waals surface area (Å²) in [5.41, 5.74) is 2.74. The van der Waals surface area contributed by atoms with Gasteiger partial charge in [0.1, 0.15) is 5.76 Å². The molecule has 0 N–H and O–H groups in total. The Morgan fingerprint density at radius 1 is 1.50 bits per heavy atom. The number of likely N-dealkylation sites (N-methyl/N-ethyl adjacent to an activating group) is 1. The molecule has 1 heterocycles. The number of allylic oxidation sites excluding steroid dienone is 3. The van der Waals surface area contributed by atoms with E-state index < -0.39 is 0 Å². The second-order valence-corrected chi connectivity index (χ2v) is 3.63. The topological polar surface area (TPSA) is 12.5 Å². The molecule has 0 radical (unpaired) electrons. The maximum atomic E-state index is 5.69. The first-order valence-electron chi connectivity index (χ1n) is 4.48. The van der Waals surface area contributed by atoms with Gasteiger partial charge in [0.2, 0.25) is 0 Å². The third kappa shape index (κ3) is 1.02. The van der Waals surface area contributed by atoms with Crippen molar-refractivity contribution in [1.82, 2.24) is 4.90 Å². The fourth-order valence-electron chi connectivity index (χ4n) is 1.72. The summed E-state index contributed by atoms with van der Waals surface area (Å²) in [5.74, 6) is 1.18. The largest absolute Gasteiger partial charge is 0.473 e. The van der Waals surface area contributed by atoms with Crippen molar-refractivity contribution < 1.29 is 4.74 Å². The summed E-state index contributed by atoms with van der Waals surface area (Å²) in [7, 11) is 2.09. The Labute approximate surface area is 73.5 Å². The molecule has 2 rings (SSSR count). The molecule has 0 bridgehead atoms. The molecule has 0 saturated carbocycles.